The van der Waals surface area contributed by atoms with E-state index in [4.69, 9.17) is 16.7 Å². The standard InChI is InChI=1S/C15H18ClNO2/c16-12-3-1-11(2-4-12)10-17-7-5-15(6-8-17)9-13(15)14(18)19/h1-4,13H,5-10H2,(H,18,19). The van der Waals surface area contributed by atoms with Crippen molar-refractivity contribution >= 4 is 17.6 Å². The van der Waals surface area contributed by atoms with Gasteiger partial charge in [-0.05, 0) is 55.5 Å². The minimum absolute atomic E-state index is 0.0785. The Hall–Kier alpha value is -1.06. The first-order chi connectivity index (χ1) is 9.09. The number of benzene rings is 1. The zero-order valence-electron chi connectivity index (χ0n) is 10.8. The molecule has 3 nitrogen and oxygen atoms in total. The number of nitrogens with zero attached hydrogens (tertiary/aromatic N) is 1. The summed E-state index contributed by atoms with van der Waals surface area (Å²) in [7, 11) is 0. The van der Waals surface area contributed by atoms with E-state index in [0.717, 1.165) is 43.9 Å². The van der Waals surface area contributed by atoms with Crippen LogP contribution in [-0.4, -0.2) is 29.1 Å². The molecule has 1 spiro atoms. The smallest absolute Gasteiger partial charge is 0.307 e. The summed E-state index contributed by atoms with van der Waals surface area (Å²) in [5.41, 5.74) is 1.40. The van der Waals surface area contributed by atoms with Crippen LogP contribution in [0.3, 0.4) is 0 Å². The van der Waals surface area contributed by atoms with Gasteiger partial charge in [-0.1, -0.05) is 23.7 Å². The molecule has 2 fully saturated rings. The van der Waals surface area contributed by atoms with Crippen LogP contribution >= 0.6 is 11.6 Å². The summed E-state index contributed by atoms with van der Waals surface area (Å²) < 4.78 is 0. The van der Waals surface area contributed by atoms with Crippen molar-refractivity contribution in [3.63, 3.8) is 0 Å². The molecule has 0 aromatic heterocycles. The summed E-state index contributed by atoms with van der Waals surface area (Å²) in [4.78, 5) is 13.4. The Bertz CT molecular complexity index is 477. The zero-order chi connectivity index (χ0) is 13.5. The first-order valence-electron chi connectivity index (χ1n) is 6.79. The molecule has 1 unspecified atom stereocenters. The lowest BCUT2D eigenvalue weighted by molar-refractivity contribution is -0.139. The quantitative estimate of drug-likeness (QED) is 0.925. The SMILES string of the molecule is O=C(O)C1CC12CCN(Cc1ccc(Cl)cc1)CC2. The van der Waals surface area contributed by atoms with Crippen molar-refractivity contribution in [3.8, 4) is 0 Å². The molecule has 1 saturated carbocycles. The second-order valence-electron chi connectivity index (χ2n) is 5.86. The fourth-order valence-electron chi connectivity index (χ4n) is 3.25. The molecule has 1 saturated heterocycles. The normalized spacial score (nSPS) is 25.4. The highest BCUT2D eigenvalue weighted by molar-refractivity contribution is 6.30. The van der Waals surface area contributed by atoms with E-state index in [9.17, 15) is 4.79 Å². The Kier molecular flexibility index (Phi) is 3.27. The highest BCUT2D eigenvalue weighted by Crippen LogP contribution is 2.59. The van der Waals surface area contributed by atoms with Gasteiger partial charge in [0.25, 0.3) is 0 Å². The largest absolute Gasteiger partial charge is 0.481 e. The van der Waals surface area contributed by atoms with E-state index in [0.29, 0.717) is 0 Å². The molecule has 0 bridgehead atoms. The molecule has 1 aliphatic heterocycles. The van der Waals surface area contributed by atoms with Gasteiger partial charge in [-0.25, -0.2) is 0 Å². The van der Waals surface area contributed by atoms with E-state index in [-0.39, 0.29) is 11.3 Å². The van der Waals surface area contributed by atoms with E-state index in [1.165, 1.54) is 5.56 Å². The van der Waals surface area contributed by atoms with Crippen molar-refractivity contribution in [2.24, 2.45) is 11.3 Å². The van der Waals surface area contributed by atoms with Gasteiger partial charge in [-0.3, -0.25) is 9.69 Å². The molecular formula is C15H18ClNO2. The zero-order valence-corrected chi connectivity index (χ0v) is 11.6. The molecule has 0 amide bonds. The maximum Gasteiger partial charge on any atom is 0.307 e. The Balaban J connectivity index is 1.54. The lowest BCUT2D eigenvalue weighted by Gasteiger charge is -2.32. The van der Waals surface area contributed by atoms with Crippen LogP contribution in [-0.2, 0) is 11.3 Å². The molecule has 1 heterocycles. The average Bonchev–Trinajstić information content (AvgIpc) is 3.10. The molecule has 1 aromatic rings. The predicted molar refractivity (Wildman–Crippen MR) is 74.1 cm³/mol. The van der Waals surface area contributed by atoms with Crippen LogP contribution < -0.4 is 0 Å². The summed E-state index contributed by atoms with van der Waals surface area (Å²) >= 11 is 5.88. The molecular weight excluding hydrogens is 262 g/mol. The van der Waals surface area contributed by atoms with E-state index >= 15 is 0 Å². The molecule has 1 aliphatic carbocycles. The highest BCUT2D eigenvalue weighted by atomic mass is 35.5. The average molecular weight is 280 g/mol. The van der Waals surface area contributed by atoms with Crippen LogP contribution in [0, 0.1) is 11.3 Å². The molecule has 19 heavy (non-hydrogen) atoms. The Morgan fingerprint density at radius 1 is 1.32 bits per heavy atom. The fourth-order valence-corrected chi connectivity index (χ4v) is 3.38. The lowest BCUT2D eigenvalue weighted by Crippen LogP contribution is -2.35. The first kappa shape index (κ1) is 12.9. The molecule has 0 radical (unpaired) electrons. The highest BCUT2D eigenvalue weighted by Gasteiger charge is 2.58. The summed E-state index contributed by atoms with van der Waals surface area (Å²) in [6, 6.07) is 7.96. The number of carbonyl (C=O) groups is 1. The Labute approximate surface area is 118 Å². The van der Waals surface area contributed by atoms with Crippen LogP contribution in [0.1, 0.15) is 24.8 Å². The van der Waals surface area contributed by atoms with Crippen molar-refractivity contribution in [2.75, 3.05) is 13.1 Å². The second kappa shape index (κ2) is 4.80. The van der Waals surface area contributed by atoms with Crippen molar-refractivity contribution in [1.29, 1.82) is 0 Å². The number of piperidine rings is 1. The van der Waals surface area contributed by atoms with Crippen molar-refractivity contribution < 1.29 is 9.90 Å². The molecule has 1 atom stereocenters. The van der Waals surface area contributed by atoms with Crippen molar-refractivity contribution in [3.05, 3.63) is 34.9 Å². The number of aliphatic carboxylic acids is 1. The van der Waals surface area contributed by atoms with Crippen LogP contribution in [0.25, 0.3) is 0 Å². The fraction of sp³-hybridized carbons (Fsp3) is 0.533. The third kappa shape index (κ3) is 2.63. The number of halogens is 1. The molecule has 4 heteroatoms. The van der Waals surface area contributed by atoms with Gasteiger partial charge in [0.15, 0.2) is 0 Å². The third-order valence-electron chi connectivity index (χ3n) is 4.66. The maximum absolute atomic E-state index is 11.0. The molecule has 2 aliphatic rings. The van der Waals surface area contributed by atoms with Gasteiger partial charge >= 0.3 is 5.97 Å². The number of carboxylic acids is 1. The predicted octanol–water partition coefficient (Wildman–Crippen LogP) is 3.03. The molecule has 1 aromatic carbocycles. The Morgan fingerprint density at radius 3 is 2.47 bits per heavy atom. The molecule has 102 valence electrons. The lowest BCUT2D eigenvalue weighted by atomic mass is 9.90. The van der Waals surface area contributed by atoms with E-state index in [1.54, 1.807) is 0 Å². The topological polar surface area (TPSA) is 40.5 Å². The van der Waals surface area contributed by atoms with Crippen molar-refractivity contribution in [1.82, 2.24) is 4.90 Å². The van der Waals surface area contributed by atoms with E-state index in [2.05, 4.69) is 17.0 Å². The van der Waals surface area contributed by atoms with Crippen molar-refractivity contribution in [2.45, 2.75) is 25.8 Å². The van der Waals surface area contributed by atoms with Gasteiger partial charge in [0.05, 0.1) is 5.92 Å². The Morgan fingerprint density at radius 2 is 1.95 bits per heavy atom. The number of carboxylic acid groups (broad SMARTS) is 1. The van der Waals surface area contributed by atoms with Gasteiger partial charge in [0.2, 0.25) is 0 Å². The number of hydrogen-bond donors (Lipinski definition) is 1. The van der Waals surface area contributed by atoms with E-state index < -0.39 is 5.97 Å². The number of hydrogen-bond acceptors (Lipinski definition) is 2. The minimum Gasteiger partial charge on any atom is -0.481 e. The number of rotatable bonds is 3. The first-order valence-corrected chi connectivity index (χ1v) is 7.16. The number of likely N-dealkylation sites (tertiary alicyclic amines) is 1. The van der Waals surface area contributed by atoms with Gasteiger partial charge in [0, 0.05) is 11.6 Å². The second-order valence-corrected chi connectivity index (χ2v) is 6.30. The third-order valence-corrected chi connectivity index (χ3v) is 4.91. The van der Waals surface area contributed by atoms with E-state index in [1.807, 2.05) is 12.1 Å². The molecule has 1 N–H and O–H groups in total. The molecule has 3 rings (SSSR count). The summed E-state index contributed by atoms with van der Waals surface area (Å²) in [6.07, 6.45) is 2.94. The monoisotopic (exact) mass is 279 g/mol. The van der Waals surface area contributed by atoms with Crippen LogP contribution in [0.15, 0.2) is 24.3 Å². The van der Waals surface area contributed by atoms with Gasteiger partial charge < -0.3 is 5.11 Å². The summed E-state index contributed by atoms with van der Waals surface area (Å²) in [6.45, 7) is 2.95. The van der Waals surface area contributed by atoms with Gasteiger partial charge in [-0.2, -0.15) is 0 Å². The summed E-state index contributed by atoms with van der Waals surface area (Å²) in [5, 5.41) is 9.84. The van der Waals surface area contributed by atoms with Crippen LogP contribution in [0.4, 0.5) is 0 Å². The minimum atomic E-state index is -0.605. The summed E-state index contributed by atoms with van der Waals surface area (Å²) in [5.74, 6) is -0.684. The van der Waals surface area contributed by atoms with Gasteiger partial charge in [0.1, 0.15) is 0 Å². The van der Waals surface area contributed by atoms with Crippen LogP contribution in [0.2, 0.25) is 5.02 Å². The van der Waals surface area contributed by atoms with Crippen LogP contribution in [0.5, 0.6) is 0 Å². The van der Waals surface area contributed by atoms with Gasteiger partial charge in [-0.15, -0.1) is 0 Å². The maximum atomic E-state index is 11.0.